The van der Waals surface area contributed by atoms with Crippen LogP contribution in [-0.4, -0.2) is 49.8 Å². The molecule has 2 unspecified atom stereocenters. The van der Waals surface area contributed by atoms with Gasteiger partial charge in [-0.05, 0) is 43.4 Å². The van der Waals surface area contributed by atoms with Gasteiger partial charge in [0.05, 0.1) is 6.61 Å². The highest BCUT2D eigenvalue weighted by molar-refractivity contribution is 4.98. The predicted octanol–water partition coefficient (Wildman–Crippen LogP) is 2.12. The van der Waals surface area contributed by atoms with Crippen molar-refractivity contribution in [3.05, 3.63) is 0 Å². The fourth-order valence-electron chi connectivity index (χ4n) is 3.37. The molecule has 0 spiro atoms. The summed E-state index contributed by atoms with van der Waals surface area (Å²) in [4.78, 5) is 2.73. The van der Waals surface area contributed by atoms with Crippen molar-refractivity contribution in [1.82, 2.24) is 10.2 Å². The minimum Gasteiger partial charge on any atom is -0.380 e. The molecule has 2 aliphatic carbocycles. The van der Waals surface area contributed by atoms with Crippen molar-refractivity contribution in [3.8, 4) is 0 Å². The van der Waals surface area contributed by atoms with E-state index >= 15 is 0 Å². The van der Waals surface area contributed by atoms with E-state index in [1.165, 1.54) is 38.8 Å². The topological polar surface area (TPSA) is 24.5 Å². The van der Waals surface area contributed by atoms with Gasteiger partial charge in [0.15, 0.2) is 0 Å². The molecule has 0 bridgehead atoms. The van der Waals surface area contributed by atoms with Crippen LogP contribution in [0.1, 0.15) is 39.5 Å². The van der Waals surface area contributed by atoms with E-state index in [9.17, 15) is 0 Å². The third-order valence-electron chi connectivity index (χ3n) is 4.82. The lowest BCUT2D eigenvalue weighted by atomic mass is 10.0. The molecule has 1 heterocycles. The summed E-state index contributed by atoms with van der Waals surface area (Å²) >= 11 is 0. The van der Waals surface area contributed by atoms with Gasteiger partial charge in [0.25, 0.3) is 0 Å². The Balaban J connectivity index is 1.45. The van der Waals surface area contributed by atoms with E-state index in [0.717, 1.165) is 43.7 Å². The Kier molecular flexibility index (Phi) is 4.45. The maximum absolute atomic E-state index is 5.80. The van der Waals surface area contributed by atoms with Crippen LogP contribution in [0.25, 0.3) is 0 Å². The summed E-state index contributed by atoms with van der Waals surface area (Å²) in [6, 6.07) is 1.55. The number of hydrogen-bond donors (Lipinski definition) is 1. The van der Waals surface area contributed by atoms with Crippen molar-refractivity contribution in [1.29, 1.82) is 0 Å². The van der Waals surface area contributed by atoms with Crippen LogP contribution >= 0.6 is 0 Å². The fraction of sp³-hybridized carbons (Fsp3) is 1.00. The van der Waals surface area contributed by atoms with E-state index in [2.05, 4.69) is 24.1 Å². The summed E-state index contributed by atoms with van der Waals surface area (Å²) in [5.74, 6) is 2.60. The van der Waals surface area contributed by atoms with Gasteiger partial charge in [-0.25, -0.2) is 0 Å². The van der Waals surface area contributed by atoms with Crippen molar-refractivity contribution in [2.45, 2.75) is 51.6 Å². The Morgan fingerprint density at radius 2 is 1.89 bits per heavy atom. The molecular weight excluding hydrogens is 236 g/mol. The quantitative estimate of drug-likeness (QED) is 0.714. The van der Waals surface area contributed by atoms with Crippen molar-refractivity contribution < 1.29 is 4.74 Å². The Labute approximate surface area is 118 Å². The number of hydrogen-bond acceptors (Lipinski definition) is 3. The number of nitrogens with zero attached hydrogens (tertiary/aromatic N) is 1. The Hall–Kier alpha value is -0.120. The van der Waals surface area contributed by atoms with Gasteiger partial charge in [-0.15, -0.1) is 0 Å². The highest BCUT2D eigenvalue weighted by atomic mass is 16.5. The average Bonchev–Trinajstić information content (AvgIpc) is 3.28. The summed E-state index contributed by atoms with van der Waals surface area (Å²) in [6.45, 7) is 9.89. The zero-order chi connectivity index (χ0) is 13.2. The van der Waals surface area contributed by atoms with Crippen molar-refractivity contribution >= 4 is 0 Å². The molecule has 3 heteroatoms. The molecule has 2 saturated carbocycles. The minimum atomic E-state index is 0.654. The molecule has 2 atom stereocenters. The van der Waals surface area contributed by atoms with Crippen LogP contribution in [0.2, 0.25) is 0 Å². The lowest BCUT2D eigenvalue weighted by Gasteiger charge is -2.41. The van der Waals surface area contributed by atoms with Crippen LogP contribution in [0.3, 0.4) is 0 Å². The van der Waals surface area contributed by atoms with Crippen molar-refractivity contribution in [3.63, 3.8) is 0 Å². The SMILES string of the molecule is CC(C)COCCN1CC(C2CC2)NCC1C1CC1. The summed E-state index contributed by atoms with van der Waals surface area (Å²) in [5.41, 5.74) is 0. The summed E-state index contributed by atoms with van der Waals surface area (Å²) in [5, 5.41) is 3.81. The minimum absolute atomic E-state index is 0.654. The first kappa shape index (κ1) is 13.8. The normalized spacial score (nSPS) is 33.0. The molecule has 19 heavy (non-hydrogen) atoms. The summed E-state index contributed by atoms with van der Waals surface area (Å²) in [7, 11) is 0. The average molecular weight is 266 g/mol. The van der Waals surface area contributed by atoms with Crippen molar-refractivity contribution in [2.24, 2.45) is 17.8 Å². The Morgan fingerprint density at radius 1 is 1.16 bits per heavy atom. The lowest BCUT2D eigenvalue weighted by molar-refractivity contribution is 0.0468. The van der Waals surface area contributed by atoms with Gasteiger partial charge in [-0.1, -0.05) is 13.8 Å². The van der Waals surface area contributed by atoms with Crippen LogP contribution < -0.4 is 5.32 Å². The second kappa shape index (κ2) is 6.11. The van der Waals surface area contributed by atoms with Gasteiger partial charge in [0, 0.05) is 38.3 Å². The molecule has 3 fully saturated rings. The standard InChI is InChI=1S/C16H30N2O/c1-12(2)11-19-8-7-18-10-15(13-3-4-13)17-9-16(18)14-5-6-14/h12-17H,3-11H2,1-2H3. The van der Waals surface area contributed by atoms with Crippen molar-refractivity contribution in [2.75, 3.05) is 32.8 Å². The second-order valence-corrected chi connectivity index (χ2v) is 7.22. The highest BCUT2D eigenvalue weighted by Gasteiger charge is 2.42. The molecule has 0 aromatic heterocycles. The van der Waals surface area contributed by atoms with E-state index in [1.54, 1.807) is 0 Å². The predicted molar refractivity (Wildman–Crippen MR) is 78.3 cm³/mol. The van der Waals surface area contributed by atoms with Crippen LogP contribution in [0, 0.1) is 17.8 Å². The molecule has 1 N–H and O–H groups in total. The summed E-state index contributed by atoms with van der Waals surface area (Å²) in [6.07, 6.45) is 5.79. The van der Waals surface area contributed by atoms with Crippen LogP contribution in [0.5, 0.6) is 0 Å². The largest absolute Gasteiger partial charge is 0.380 e. The van der Waals surface area contributed by atoms with Gasteiger partial charge >= 0.3 is 0 Å². The first-order valence-electron chi connectivity index (χ1n) is 8.29. The highest BCUT2D eigenvalue weighted by Crippen LogP contribution is 2.39. The molecule has 0 aromatic rings. The zero-order valence-electron chi connectivity index (χ0n) is 12.6. The van der Waals surface area contributed by atoms with E-state index < -0.39 is 0 Å². The van der Waals surface area contributed by atoms with Crippen LogP contribution in [0.15, 0.2) is 0 Å². The van der Waals surface area contributed by atoms with E-state index in [4.69, 9.17) is 4.74 Å². The molecular formula is C16H30N2O. The van der Waals surface area contributed by atoms with Gasteiger partial charge < -0.3 is 10.1 Å². The summed E-state index contributed by atoms with van der Waals surface area (Å²) < 4.78 is 5.80. The van der Waals surface area contributed by atoms with Crippen LogP contribution in [0.4, 0.5) is 0 Å². The fourth-order valence-corrected chi connectivity index (χ4v) is 3.37. The van der Waals surface area contributed by atoms with Gasteiger partial charge in [-0.3, -0.25) is 4.90 Å². The maximum atomic E-state index is 5.80. The molecule has 0 amide bonds. The number of nitrogens with one attached hydrogen (secondary N) is 1. The number of ether oxygens (including phenoxy) is 1. The van der Waals surface area contributed by atoms with Crippen LogP contribution in [-0.2, 0) is 4.74 Å². The molecule has 110 valence electrons. The molecule has 3 nitrogen and oxygen atoms in total. The van der Waals surface area contributed by atoms with E-state index in [-0.39, 0.29) is 0 Å². The third-order valence-corrected chi connectivity index (χ3v) is 4.82. The lowest BCUT2D eigenvalue weighted by Crippen LogP contribution is -2.58. The van der Waals surface area contributed by atoms with Gasteiger partial charge in [-0.2, -0.15) is 0 Å². The van der Waals surface area contributed by atoms with E-state index in [0.29, 0.717) is 5.92 Å². The second-order valence-electron chi connectivity index (χ2n) is 7.22. The van der Waals surface area contributed by atoms with Gasteiger partial charge in [0.2, 0.25) is 0 Å². The first-order valence-corrected chi connectivity index (χ1v) is 8.29. The molecule has 0 radical (unpaired) electrons. The number of rotatable bonds is 7. The molecule has 1 aliphatic heterocycles. The molecule has 0 aromatic carbocycles. The molecule has 1 saturated heterocycles. The molecule has 3 rings (SSSR count). The first-order chi connectivity index (χ1) is 9.24. The molecule has 3 aliphatic rings. The maximum Gasteiger partial charge on any atom is 0.0593 e. The van der Waals surface area contributed by atoms with E-state index in [1.807, 2.05) is 0 Å². The monoisotopic (exact) mass is 266 g/mol. The Morgan fingerprint density at radius 3 is 2.53 bits per heavy atom. The smallest absolute Gasteiger partial charge is 0.0593 e. The Bertz CT molecular complexity index is 286. The van der Waals surface area contributed by atoms with Gasteiger partial charge in [0.1, 0.15) is 0 Å². The zero-order valence-corrected chi connectivity index (χ0v) is 12.6. The third kappa shape index (κ3) is 3.93. The number of piperazine rings is 1.